The number of nitriles is 1. The number of nitrogen functional groups attached to an aromatic ring is 1. The van der Waals surface area contributed by atoms with Gasteiger partial charge in [-0.3, -0.25) is 0 Å². The summed E-state index contributed by atoms with van der Waals surface area (Å²) in [6.07, 6.45) is 2.43. The maximum Gasteiger partial charge on any atom is 0.169 e. The van der Waals surface area contributed by atoms with E-state index in [0.29, 0.717) is 17.0 Å². The lowest BCUT2D eigenvalue weighted by Gasteiger charge is -2.07. The summed E-state index contributed by atoms with van der Waals surface area (Å²) in [4.78, 5) is 12.2. The number of hydrogen-bond donors (Lipinski definition) is 2. The van der Waals surface area contributed by atoms with Crippen LogP contribution in [-0.4, -0.2) is 24.7 Å². The minimum atomic E-state index is -0.681. The lowest BCUT2D eigenvalue weighted by atomic mass is 10.2. The standard InChI is InChI=1S/C18H11ClF2N8.ClH/c1-8-25-14(23)4-15(26-8)27-18-11-7-29(28-16(11)13(21)6-24-18)17-9(5-22)2-10(20)3-12(17)19;/h2-4,6-7H,1H3,(H3,23,24,25,26,27);1H. The van der Waals surface area contributed by atoms with Crippen LogP contribution < -0.4 is 11.1 Å². The highest BCUT2D eigenvalue weighted by molar-refractivity contribution is 6.32. The number of anilines is 3. The van der Waals surface area contributed by atoms with Gasteiger partial charge in [-0.25, -0.2) is 28.4 Å². The van der Waals surface area contributed by atoms with Gasteiger partial charge in [-0.05, 0) is 19.1 Å². The van der Waals surface area contributed by atoms with Crippen molar-refractivity contribution in [3.63, 3.8) is 0 Å². The largest absolute Gasteiger partial charge is 0.384 e. The van der Waals surface area contributed by atoms with Gasteiger partial charge >= 0.3 is 0 Å². The summed E-state index contributed by atoms with van der Waals surface area (Å²) in [7, 11) is 0. The van der Waals surface area contributed by atoms with E-state index in [0.717, 1.165) is 18.3 Å². The first-order chi connectivity index (χ1) is 13.9. The number of nitrogens with one attached hydrogen (secondary N) is 1. The van der Waals surface area contributed by atoms with E-state index in [2.05, 4.69) is 25.4 Å². The molecule has 152 valence electrons. The van der Waals surface area contributed by atoms with Crippen molar-refractivity contribution in [2.24, 2.45) is 0 Å². The number of pyridine rings is 1. The molecule has 1 aromatic carbocycles. The Bertz CT molecular complexity index is 1300. The van der Waals surface area contributed by atoms with Gasteiger partial charge in [0.15, 0.2) is 5.82 Å². The van der Waals surface area contributed by atoms with Crippen LogP contribution in [0.15, 0.2) is 30.6 Å². The Morgan fingerprint density at radius 3 is 2.70 bits per heavy atom. The number of halogens is 4. The Balaban J connectivity index is 0.00000256. The van der Waals surface area contributed by atoms with E-state index in [1.807, 2.05) is 6.07 Å². The van der Waals surface area contributed by atoms with Crippen LogP contribution in [0, 0.1) is 29.9 Å². The van der Waals surface area contributed by atoms with Crippen molar-refractivity contribution in [1.82, 2.24) is 24.7 Å². The lowest BCUT2D eigenvalue weighted by molar-refractivity contribution is 0.625. The second kappa shape index (κ2) is 8.06. The normalized spacial score (nSPS) is 10.5. The average molecular weight is 449 g/mol. The highest BCUT2D eigenvalue weighted by Crippen LogP contribution is 2.30. The number of fused-ring (bicyclic) bond motifs is 1. The third-order valence-corrected chi connectivity index (χ3v) is 4.27. The fraction of sp³-hybridized carbons (Fsp3) is 0.0556. The molecule has 0 saturated carbocycles. The molecule has 4 aromatic rings. The van der Waals surface area contributed by atoms with Crippen LogP contribution in [-0.2, 0) is 0 Å². The minimum Gasteiger partial charge on any atom is -0.384 e. The molecule has 3 heterocycles. The maximum absolute atomic E-state index is 14.3. The van der Waals surface area contributed by atoms with Crippen LogP contribution in [0.2, 0.25) is 5.02 Å². The molecule has 0 atom stereocenters. The first-order valence-corrected chi connectivity index (χ1v) is 8.55. The minimum absolute atomic E-state index is 0. The molecule has 4 rings (SSSR count). The number of aryl methyl sites for hydroxylation is 1. The Morgan fingerprint density at radius 1 is 1.23 bits per heavy atom. The molecule has 0 aliphatic rings. The third-order valence-electron chi connectivity index (χ3n) is 3.98. The summed E-state index contributed by atoms with van der Waals surface area (Å²) in [5.41, 5.74) is 5.78. The van der Waals surface area contributed by atoms with Crippen molar-refractivity contribution in [1.29, 1.82) is 5.26 Å². The number of benzene rings is 1. The van der Waals surface area contributed by atoms with Gasteiger partial charge in [0.05, 0.1) is 22.2 Å². The van der Waals surface area contributed by atoms with Crippen molar-refractivity contribution < 1.29 is 8.78 Å². The number of hydrogen-bond acceptors (Lipinski definition) is 7. The van der Waals surface area contributed by atoms with Crippen LogP contribution in [0.3, 0.4) is 0 Å². The van der Waals surface area contributed by atoms with Crippen LogP contribution in [0.1, 0.15) is 11.4 Å². The molecule has 0 unspecified atom stereocenters. The maximum atomic E-state index is 14.3. The van der Waals surface area contributed by atoms with Crippen molar-refractivity contribution in [3.05, 3.63) is 58.6 Å². The predicted molar refractivity (Wildman–Crippen MR) is 110 cm³/mol. The molecule has 0 fully saturated rings. The molecule has 0 amide bonds. The molecule has 0 radical (unpaired) electrons. The molecule has 8 nitrogen and oxygen atoms in total. The van der Waals surface area contributed by atoms with Gasteiger partial charge in [0, 0.05) is 12.3 Å². The van der Waals surface area contributed by atoms with E-state index in [-0.39, 0.29) is 45.8 Å². The number of aromatic nitrogens is 5. The molecule has 3 N–H and O–H groups in total. The van der Waals surface area contributed by atoms with Gasteiger partial charge in [-0.2, -0.15) is 10.4 Å². The Labute approximate surface area is 179 Å². The third kappa shape index (κ3) is 3.80. The number of nitrogens with two attached hydrogens (primary N) is 1. The van der Waals surface area contributed by atoms with Crippen LogP contribution >= 0.6 is 24.0 Å². The van der Waals surface area contributed by atoms with E-state index in [9.17, 15) is 14.0 Å². The Morgan fingerprint density at radius 2 is 2.00 bits per heavy atom. The first-order valence-electron chi connectivity index (χ1n) is 8.17. The van der Waals surface area contributed by atoms with Crippen LogP contribution in [0.5, 0.6) is 0 Å². The molecular formula is C18H12Cl2F2N8. The fourth-order valence-corrected chi connectivity index (χ4v) is 3.14. The highest BCUT2D eigenvalue weighted by atomic mass is 35.5. The second-order valence-corrected chi connectivity index (χ2v) is 6.44. The Hall–Kier alpha value is -3.55. The average Bonchev–Trinajstić information content (AvgIpc) is 3.08. The molecule has 0 spiro atoms. The lowest BCUT2D eigenvalue weighted by Crippen LogP contribution is -2.02. The summed E-state index contributed by atoms with van der Waals surface area (Å²) in [5.74, 6) is -0.0370. The predicted octanol–water partition coefficient (Wildman–Crippen LogP) is 4.07. The van der Waals surface area contributed by atoms with Crippen molar-refractivity contribution >= 4 is 52.4 Å². The van der Waals surface area contributed by atoms with Gasteiger partial charge in [0.1, 0.15) is 46.4 Å². The topological polar surface area (TPSA) is 118 Å². The van der Waals surface area contributed by atoms with Gasteiger partial charge in [0.2, 0.25) is 0 Å². The molecule has 0 saturated heterocycles. The van der Waals surface area contributed by atoms with Crippen LogP contribution in [0.25, 0.3) is 16.6 Å². The zero-order chi connectivity index (χ0) is 20.7. The fourth-order valence-electron chi connectivity index (χ4n) is 2.85. The van der Waals surface area contributed by atoms with E-state index < -0.39 is 11.6 Å². The molecule has 0 aliphatic heterocycles. The summed E-state index contributed by atoms with van der Waals surface area (Å²) >= 11 is 6.11. The van der Waals surface area contributed by atoms with Crippen molar-refractivity contribution in [2.45, 2.75) is 6.92 Å². The quantitative estimate of drug-likeness (QED) is 0.484. The number of nitrogens with zero attached hydrogens (tertiary/aromatic N) is 6. The van der Waals surface area contributed by atoms with Crippen molar-refractivity contribution in [3.8, 4) is 11.8 Å². The molecule has 30 heavy (non-hydrogen) atoms. The SMILES string of the molecule is Cc1nc(N)cc(Nc2ncc(F)c3nn(-c4c(Cl)cc(F)cc4C#N)cc23)n1.Cl. The summed E-state index contributed by atoms with van der Waals surface area (Å²) in [6, 6.07) is 5.43. The summed E-state index contributed by atoms with van der Waals surface area (Å²) in [6.45, 7) is 1.67. The molecule has 0 bridgehead atoms. The van der Waals surface area contributed by atoms with Gasteiger partial charge in [-0.1, -0.05) is 11.6 Å². The summed E-state index contributed by atoms with van der Waals surface area (Å²) < 4.78 is 29.1. The zero-order valence-electron chi connectivity index (χ0n) is 15.2. The first kappa shape index (κ1) is 21.2. The number of rotatable bonds is 3. The van der Waals surface area contributed by atoms with E-state index in [1.54, 1.807) is 6.92 Å². The zero-order valence-corrected chi connectivity index (χ0v) is 16.8. The van der Waals surface area contributed by atoms with Gasteiger partial charge < -0.3 is 11.1 Å². The Kier molecular flexibility index (Phi) is 5.69. The monoisotopic (exact) mass is 448 g/mol. The van der Waals surface area contributed by atoms with E-state index >= 15 is 0 Å². The molecule has 12 heteroatoms. The molecule has 0 aliphatic carbocycles. The van der Waals surface area contributed by atoms with Gasteiger partial charge in [0.25, 0.3) is 0 Å². The highest BCUT2D eigenvalue weighted by Gasteiger charge is 2.18. The summed E-state index contributed by atoms with van der Waals surface area (Å²) in [5, 5.41) is 16.7. The van der Waals surface area contributed by atoms with Gasteiger partial charge in [-0.15, -0.1) is 12.4 Å². The molecular weight excluding hydrogens is 437 g/mol. The molecule has 3 aromatic heterocycles. The van der Waals surface area contributed by atoms with Crippen molar-refractivity contribution in [2.75, 3.05) is 11.1 Å². The van der Waals surface area contributed by atoms with E-state index in [1.165, 1.54) is 16.9 Å². The second-order valence-electron chi connectivity index (χ2n) is 6.04. The van der Waals surface area contributed by atoms with E-state index in [4.69, 9.17) is 17.3 Å². The smallest absolute Gasteiger partial charge is 0.169 e. The van der Waals surface area contributed by atoms with Crippen LogP contribution in [0.4, 0.5) is 26.2 Å².